The van der Waals surface area contributed by atoms with Gasteiger partial charge in [-0.3, -0.25) is 4.79 Å². The van der Waals surface area contributed by atoms with Gasteiger partial charge in [-0.25, -0.2) is 4.79 Å². The molecule has 1 rings (SSSR count). The highest BCUT2D eigenvalue weighted by molar-refractivity contribution is 5.78. The van der Waals surface area contributed by atoms with Gasteiger partial charge in [-0.05, 0) is 17.7 Å². The summed E-state index contributed by atoms with van der Waals surface area (Å²) in [5, 5.41) is 11.2. The molecule has 0 spiro atoms. The number of methoxy groups -OCH3 is 2. The second-order valence-electron chi connectivity index (χ2n) is 3.20. The lowest BCUT2D eigenvalue weighted by molar-refractivity contribution is -0.140. The lowest BCUT2D eigenvalue weighted by Gasteiger charge is -2.14. The van der Waals surface area contributed by atoms with E-state index >= 15 is 0 Å². The highest BCUT2D eigenvalue weighted by Crippen LogP contribution is 2.26. The minimum Gasteiger partial charge on any atom is -0.497 e. The van der Waals surface area contributed by atoms with Crippen LogP contribution in [0.15, 0.2) is 18.2 Å². The third-order valence-electron chi connectivity index (χ3n) is 2.19. The molecule has 6 heteroatoms. The van der Waals surface area contributed by atoms with Crippen LogP contribution in [-0.4, -0.2) is 31.7 Å². The standard InChI is InChI=1S/C11H13NO5/c1-16-8-3-7(4-9(5-8)17-2)10(11(14)15)12-6-13/h3-6,10H,1-2H3,(H,12,13)(H,14,15). The van der Waals surface area contributed by atoms with E-state index in [1.807, 2.05) is 0 Å². The minimum absolute atomic E-state index is 0.338. The molecule has 1 aromatic carbocycles. The van der Waals surface area contributed by atoms with E-state index < -0.39 is 12.0 Å². The number of hydrogen-bond donors (Lipinski definition) is 2. The maximum Gasteiger partial charge on any atom is 0.330 e. The van der Waals surface area contributed by atoms with Gasteiger partial charge in [-0.15, -0.1) is 0 Å². The fraction of sp³-hybridized carbons (Fsp3) is 0.273. The SMILES string of the molecule is COc1cc(OC)cc(C(NC=O)C(=O)O)c1. The summed E-state index contributed by atoms with van der Waals surface area (Å²) in [6.07, 6.45) is 0.338. The molecular weight excluding hydrogens is 226 g/mol. The fourth-order valence-corrected chi connectivity index (χ4v) is 1.37. The number of benzene rings is 1. The van der Waals surface area contributed by atoms with Gasteiger partial charge in [0, 0.05) is 6.07 Å². The molecule has 1 amide bonds. The maximum atomic E-state index is 11.0. The number of carbonyl (C=O) groups excluding carboxylic acids is 1. The molecule has 0 saturated heterocycles. The van der Waals surface area contributed by atoms with E-state index in [1.54, 1.807) is 6.07 Å². The van der Waals surface area contributed by atoms with Gasteiger partial charge in [0.05, 0.1) is 14.2 Å². The molecule has 92 valence electrons. The van der Waals surface area contributed by atoms with Crippen molar-refractivity contribution in [1.82, 2.24) is 5.32 Å². The first-order valence-corrected chi connectivity index (χ1v) is 4.77. The van der Waals surface area contributed by atoms with E-state index in [-0.39, 0.29) is 0 Å². The quantitative estimate of drug-likeness (QED) is 0.709. The zero-order valence-electron chi connectivity index (χ0n) is 9.47. The molecule has 2 N–H and O–H groups in total. The molecule has 0 heterocycles. The first-order valence-electron chi connectivity index (χ1n) is 4.77. The second-order valence-corrected chi connectivity index (χ2v) is 3.20. The molecule has 1 unspecified atom stereocenters. The summed E-state index contributed by atoms with van der Waals surface area (Å²) >= 11 is 0. The summed E-state index contributed by atoms with van der Waals surface area (Å²) < 4.78 is 10.0. The number of carboxylic acids is 1. The number of nitrogens with one attached hydrogen (secondary N) is 1. The first-order chi connectivity index (χ1) is 8.12. The molecule has 6 nitrogen and oxygen atoms in total. The van der Waals surface area contributed by atoms with Crippen LogP contribution in [0.4, 0.5) is 0 Å². The Hall–Kier alpha value is -2.24. The molecular formula is C11H13NO5. The molecule has 1 atom stereocenters. The van der Waals surface area contributed by atoms with Gasteiger partial charge in [0.1, 0.15) is 11.5 Å². The van der Waals surface area contributed by atoms with Crippen LogP contribution in [0.1, 0.15) is 11.6 Å². The monoisotopic (exact) mass is 239 g/mol. The summed E-state index contributed by atoms with van der Waals surface area (Å²) in [6, 6.07) is 3.54. The number of ether oxygens (including phenoxy) is 2. The van der Waals surface area contributed by atoms with E-state index in [0.717, 1.165) is 0 Å². The molecule has 0 aromatic heterocycles. The molecule has 0 aliphatic heterocycles. The first kappa shape index (κ1) is 12.8. The fourth-order valence-electron chi connectivity index (χ4n) is 1.37. The Labute approximate surface area is 98.2 Å². The molecule has 1 aromatic rings. The summed E-state index contributed by atoms with van der Waals surface area (Å²) in [7, 11) is 2.92. The maximum absolute atomic E-state index is 11.0. The van der Waals surface area contributed by atoms with Gasteiger partial charge in [-0.2, -0.15) is 0 Å². The van der Waals surface area contributed by atoms with Gasteiger partial charge < -0.3 is 19.9 Å². The van der Waals surface area contributed by atoms with E-state index in [9.17, 15) is 9.59 Å². The summed E-state index contributed by atoms with van der Waals surface area (Å²) in [4.78, 5) is 21.4. The van der Waals surface area contributed by atoms with Crippen LogP contribution in [0.2, 0.25) is 0 Å². The Balaban J connectivity index is 3.16. The van der Waals surface area contributed by atoms with Gasteiger partial charge in [0.2, 0.25) is 6.41 Å². The van der Waals surface area contributed by atoms with Crippen LogP contribution in [-0.2, 0) is 9.59 Å². The molecule has 17 heavy (non-hydrogen) atoms. The number of rotatable bonds is 6. The van der Waals surface area contributed by atoms with Gasteiger partial charge in [0.25, 0.3) is 0 Å². The van der Waals surface area contributed by atoms with Crippen molar-refractivity contribution in [3.05, 3.63) is 23.8 Å². The van der Waals surface area contributed by atoms with Crippen molar-refractivity contribution < 1.29 is 24.2 Å². The predicted molar refractivity (Wildman–Crippen MR) is 59.1 cm³/mol. The number of carboxylic acid groups (broad SMARTS) is 1. The number of amides is 1. The molecule has 0 radical (unpaired) electrons. The van der Waals surface area contributed by atoms with Gasteiger partial charge in [0.15, 0.2) is 6.04 Å². The molecule has 0 aliphatic rings. The highest BCUT2D eigenvalue weighted by atomic mass is 16.5. The Bertz CT molecular complexity index is 396. The Morgan fingerprint density at radius 2 is 1.82 bits per heavy atom. The minimum atomic E-state index is -1.16. The van der Waals surface area contributed by atoms with E-state index in [2.05, 4.69) is 5.32 Å². The average Bonchev–Trinajstić information content (AvgIpc) is 2.34. The van der Waals surface area contributed by atoms with E-state index in [0.29, 0.717) is 23.5 Å². The Morgan fingerprint density at radius 3 is 2.18 bits per heavy atom. The third kappa shape index (κ3) is 3.10. The van der Waals surface area contributed by atoms with Crippen molar-refractivity contribution in [1.29, 1.82) is 0 Å². The van der Waals surface area contributed by atoms with Crippen LogP contribution in [0.25, 0.3) is 0 Å². The summed E-state index contributed by atoms with van der Waals surface area (Å²) in [6.45, 7) is 0. The van der Waals surface area contributed by atoms with Gasteiger partial charge >= 0.3 is 5.97 Å². The van der Waals surface area contributed by atoms with Crippen molar-refractivity contribution in [3.8, 4) is 11.5 Å². The molecule has 0 saturated carbocycles. The van der Waals surface area contributed by atoms with Crippen molar-refractivity contribution >= 4 is 12.4 Å². The highest BCUT2D eigenvalue weighted by Gasteiger charge is 2.20. The topological polar surface area (TPSA) is 84.9 Å². The van der Waals surface area contributed by atoms with Gasteiger partial charge in [-0.1, -0.05) is 0 Å². The predicted octanol–water partition coefficient (Wildman–Crippen LogP) is 0.575. The van der Waals surface area contributed by atoms with Crippen LogP contribution >= 0.6 is 0 Å². The lowest BCUT2D eigenvalue weighted by Crippen LogP contribution is -2.27. The van der Waals surface area contributed by atoms with Crippen LogP contribution < -0.4 is 14.8 Å². The van der Waals surface area contributed by atoms with Crippen LogP contribution in [0.3, 0.4) is 0 Å². The largest absolute Gasteiger partial charge is 0.497 e. The Kier molecular flexibility index (Phi) is 4.33. The molecule has 0 aliphatic carbocycles. The molecule has 0 fully saturated rings. The normalized spacial score (nSPS) is 11.4. The van der Waals surface area contributed by atoms with Crippen LogP contribution in [0, 0.1) is 0 Å². The number of carbonyl (C=O) groups is 2. The van der Waals surface area contributed by atoms with Crippen molar-refractivity contribution in [2.24, 2.45) is 0 Å². The number of aliphatic carboxylic acids is 1. The molecule has 0 bridgehead atoms. The second kappa shape index (κ2) is 5.74. The lowest BCUT2D eigenvalue weighted by atomic mass is 10.1. The van der Waals surface area contributed by atoms with Crippen molar-refractivity contribution in [3.63, 3.8) is 0 Å². The smallest absolute Gasteiger partial charge is 0.330 e. The summed E-state index contributed by atoms with van der Waals surface area (Å²) in [5.41, 5.74) is 0.376. The van der Waals surface area contributed by atoms with Crippen LogP contribution in [0.5, 0.6) is 11.5 Å². The third-order valence-corrected chi connectivity index (χ3v) is 2.19. The number of hydrogen-bond acceptors (Lipinski definition) is 4. The zero-order valence-corrected chi connectivity index (χ0v) is 9.47. The van der Waals surface area contributed by atoms with Crippen molar-refractivity contribution in [2.75, 3.05) is 14.2 Å². The van der Waals surface area contributed by atoms with Crippen molar-refractivity contribution in [2.45, 2.75) is 6.04 Å². The van der Waals surface area contributed by atoms with E-state index in [4.69, 9.17) is 14.6 Å². The summed E-state index contributed by atoms with van der Waals surface area (Å²) in [5.74, 6) is -0.246. The Morgan fingerprint density at radius 1 is 1.29 bits per heavy atom. The average molecular weight is 239 g/mol. The zero-order chi connectivity index (χ0) is 12.8. The van der Waals surface area contributed by atoms with E-state index in [1.165, 1.54) is 26.4 Å².